The van der Waals surface area contributed by atoms with Gasteiger partial charge >= 0.3 is 0 Å². The van der Waals surface area contributed by atoms with Gasteiger partial charge < -0.3 is 0 Å². The van der Waals surface area contributed by atoms with Gasteiger partial charge in [-0.25, -0.2) is 9.97 Å². The van der Waals surface area contributed by atoms with Crippen molar-refractivity contribution in [2.45, 2.75) is 0 Å². The number of aromatic nitrogens is 4. The average molecular weight is 421 g/mol. The van der Waals surface area contributed by atoms with Crippen LogP contribution in [0.3, 0.4) is 0 Å². The van der Waals surface area contributed by atoms with E-state index in [1.165, 1.54) is 0 Å². The van der Waals surface area contributed by atoms with Crippen LogP contribution >= 0.6 is 11.6 Å². The molecule has 0 bridgehead atoms. The number of hydrogen-bond acceptors (Lipinski definition) is 4. The van der Waals surface area contributed by atoms with Gasteiger partial charge in [-0.3, -0.25) is 9.97 Å². The SMILES string of the molecule is Clc1cccc(-c2cccc(-c3nc(-c4ccncc4)cc(-c4ccncc4)n3)c2)c1. The quantitative estimate of drug-likeness (QED) is 0.329. The zero-order valence-electron chi connectivity index (χ0n) is 16.5. The van der Waals surface area contributed by atoms with Crippen LogP contribution < -0.4 is 0 Å². The molecule has 0 saturated carbocycles. The maximum atomic E-state index is 6.19. The van der Waals surface area contributed by atoms with Crippen LogP contribution in [0.25, 0.3) is 45.0 Å². The lowest BCUT2D eigenvalue weighted by Crippen LogP contribution is -1.96. The number of halogens is 1. The molecule has 0 N–H and O–H groups in total. The summed E-state index contributed by atoms with van der Waals surface area (Å²) in [5.74, 6) is 0.657. The number of rotatable bonds is 4. The van der Waals surface area contributed by atoms with Crippen LogP contribution in [0.2, 0.25) is 5.02 Å². The lowest BCUT2D eigenvalue weighted by atomic mass is 10.0. The molecule has 3 heterocycles. The van der Waals surface area contributed by atoms with Gasteiger partial charge in [0.25, 0.3) is 0 Å². The Morgan fingerprint density at radius 3 is 1.58 bits per heavy atom. The molecule has 5 heteroatoms. The van der Waals surface area contributed by atoms with Gasteiger partial charge in [0.1, 0.15) is 0 Å². The van der Waals surface area contributed by atoms with Crippen LogP contribution in [0.4, 0.5) is 0 Å². The fraction of sp³-hybridized carbons (Fsp3) is 0. The Bertz CT molecular complexity index is 1280. The highest BCUT2D eigenvalue weighted by Crippen LogP contribution is 2.30. The minimum atomic E-state index is 0.657. The molecule has 0 aliphatic carbocycles. The summed E-state index contributed by atoms with van der Waals surface area (Å²) in [5, 5.41) is 0.707. The molecular weight excluding hydrogens is 404 g/mol. The van der Waals surface area contributed by atoms with Crippen LogP contribution in [0, 0.1) is 0 Å². The van der Waals surface area contributed by atoms with E-state index in [0.717, 1.165) is 39.2 Å². The lowest BCUT2D eigenvalue weighted by molar-refractivity contribution is 1.18. The van der Waals surface area contributed by atoms with Crippen molar-refractivity contribution in [3.8, 4) is 45.0 Å². The van der Waals surface area contributed by atoms with E-state index in [1.807, 2.05) is 66.7 Å². The molecule has 0 fully saturated rings. The second-order valence-corrected chi connectivity index (χ2v) is 7.46. The molecule has 0 radical (unpaired) electrons. The van der Waals surface area contributed by atoms with Gasteiger partial charge in [-0.2, -0.15) is 0 Å². The van der Waals surface area contributed by atoms with Crippen LogP contribution in [-0.2, 0) is 0 Å². The maximum Gasteiger partial charge on any atom is 0.160 e. The van der Waals surface area contributed by atoms with E-state index in [1.54, 1.807) is 24.8 Å². The summed E-state index contributed by atoms with van der Waals surface area (Å²) in [6, 6.07) is 25.8. The Labute approximate surface area is 185 Å². The molecule has 31 heavy (non-hydrogen) atoms. The molecule has 3 aromatic heterocycles. The summed E-state index contributed by atoms with van der Waals surface area (Å²) in [6.45, 7) is 0. The van der Waals surface area contributed by atoms with E-state index < -0.39 is 0 Å². The molecule has 0 saturated heterocycles. The third kappa shape index (κ3) is 4.20. The van der Waals surface area contributed by atoms with Crippen LogP contribution in [0.1, 0.15) is 0 Å². The highest BCUT2D eigenvalue weighted by Gasteiger charge is 2.11. The molecule has 5 rings (SSSR count). The minimum Gasteiger partial charge on any atom is -0.265 e. The number of hydrogen-bond donors (Lipinski definition) is 0. The van der Waals surface area contributed by atoms with E-state index in [0.29, 0.717) is 10.8 Å². The van der Waals surface area contributed by atoms with Gasteiger partial charge in [0.15, 0.2) is 5.82 Å². The number of pyridine rings is 2. The standard InChI is InChI=1S/C26H17ClN4/c27-23-6-2-4-21(16-23)20-3-1-5-22(15-20)26-30-24(18-7-11-28-12-8-18)17-25(31-26)19-9-13-29-14-10-19/h1-17H. The summed E-state index contributed by atoms with van der Waals surface area (Å²) in [6.07, 6.45) is 7.07. The maximum absolute atomic E-state index is 6.19. The first kappa shape index (κ1) is 19.1. The first-order chi connectivity index (χ1) is 15.3. The highest BCUT2D eigenvalue weighted by molar-refractivity contribution is 6.30. The van der Waals surface area contributed by atoms with Gasteiger partial charge in [-0.15, -0.1) is 0 Å². The van der Waals surface area contributed by atoms with Gasteiger partial charge in [0, 0.05) is 46.5 Å². The second-order valence-electron chi connectivity index (χ2n) is 7.02. The van der Waals surface area contributed by atoms with Crippen LogP contribution in [0.15, 0.2) is 104 Å². The summed E-state index contributed by atoms with van der Waals surface area (Å²) in [4.78, 5) is 18.0. The second kappa shape index (κ2) is 8.46. The van der Waals surface area contributed by atoms with Crippen molar-refractivity contribution in [3.63, 3.8) is 0 Å². The molecule has 0 atom stereocenters. The monoisotopic (exact) mass is 420 g/mol. The first-order valence-electron chi connectivity index (χ1n) is 9.82. The smallest absolute Gasteiger partial charge is 0.160 e. The summed E-state index contributed by atoms with van der Waals surface area (Å²) in [7, 11) is 0. The molecule has 0 amide bonds. The van der Waals surface area contributed by atoms with Crippen molar-refractivity contribution in [1.82, 2.24) is 19.9 Å². The Kier molecular flexibility index (Phi) is 5.21. The van der Waals surface area contributed by atoms with Crippen molar-refractivity contribution >= 4 is 11.6 Å². The normalized spacial score (nSPS) is 10.7. The molecule has 0 spiro atoms. The summed E-state index contributed by atoms with van der Waals surface area (Å²) >= 11 is 6.19. The Hall–Kier alpha value is -3.89. The third-order valence-electron chi connectivity index (χ3n) is 4.96. The molecule has 2 aromatic carbocycles. The van der Waals surface area contributed by atoms with Gasteiger partial charge in [0.2, 0.25) is 0 Å². The topological polar surface area (TPSA) is 51.6 Å². The molecule has 0 aliphatic heterocycles. The molecule has 5 aromatic rings. The molecule has 148 valence electrons. The van der Waals surface area contributed by atoms with E-state index >= 15 is 0 Å². The summed E-state index contributed by atoms with van der Waals surface area (Å²) < 4.78 is 0. The van der Waals surface area contributed by atoms with E-state index in [9.17, 15) is 0 Å². The molecule has 4 nitrogen and oxygen atoms in total. The van der Waals surface area contributed by atoms with Crippen molar-refractivity contribution in [3.05, 3.63) is 109 Å². The van der Waals surface area contributed by atoms with E-state index in [-0.39, 0.29) is 0 Å². The van der Waals surface area contributed by atoms with Crippen molar-refractivity contribution in [1.29, 1.82) is 0 Å². The van der Waals surface area contributed by atoms with E-state index in [4.69, 9.17) is 21.6 Å². The predicted molar refractivity (Wildman–Crippen MR) is 124 cm³/mol. The van der Waals surface area contributed by atoms with E-state index in [2.05, 4.69) is 22.1 Å². The highest BCUT2D eigenvalue weighted by atomic mass is 35.5. The Morgan fingerprint density at radius 2 is 1.00 bits per heavy atom. The van der Waals surface area contributed by atoms with Gasteiger partial charge in [0.05, 0.1) is 11.4 Å². The van der Waals surface area contributed by atoms with Crippen LogP contribution in [0.5, 0.6) is 0 Å². The zero-order valence-corrected chi connectivity index (χ0v) is 17.2. The molecular formula is C26H17ClN4. The predicted octanol–water partition coefficient (Wildman–Crippen LogP) is 6.59. The van der Waals surface area contributed by atoms with Crippen molar-refractivity contribution < 1.29 is 0 Å². The molecule has 0 aliphatic rings. The number of benzene rings is 2. The Morgan fingerprint density at radius 1 is 0.484 bits per heavy atom. The minimum absolute atomic E-state index is 0.657. The Balaban J connectivity index is 1.66. The third-order valence-corrected chi connectivity index (χ3v) is 5.19. The van der Waals surface area contributed by atoms with Gasteiger partial charge in [-0.05, 0) is 59.7 Å². The fourth-order valence-electron chi connectivity index (χ4n) is 3.42. The average Bonchev–Trinajstić information content (AvgIpc) is 2.85. The number of nitrogens with zero attached hydrogens (tertiary/aromatic N) is 4. The lowest BCUT2D eigenvalue weighted by Gasteiger charge is -2.10. The molecule has 0 unspecified atom stereocenters. The first-order valence-corrected chi connectivity index (χ1v) is 10.2. The van der Waals surface area contributed by atoms with Crippen molar-refractivity contribution in [2.24, 2.45) is 0 Å². The fourth-order valence-corrected chi connectivity index (χ4v) is 3.61. The van der Waals surface area contributed by atoms with Crippen LogP contribution in [-0.4, -0.2) is 19.9 Å². The van der Waals surface area contributed by atoms with Gasteiger partial charge in [-0.1, -0.05) is 41.9 Å². The largest absolute Gasteiger partial charge is 0.265 e. The van der Waals surface area contributed by atoms with Crippen molar-refractivity contribution in [2.75, 3.05) is 0 Å². The zero-order chi connectivity index (χ0) is 21.0. The summed E-state index contributed by atoms with van der Waals surface area (Å²) in [5.41, 5.74) is 6.70.